The van der Waals surface area contributed by atoms with Crippen LogP contribution in [-0.4, -0.2) is 24.5 Å². The van der Waals surface area contributed by atoms with Crippen LogP contribution in [0.1, 0.15) is 16.8 Å². The second-order valence-electron chi connectivity index (χ2n) is 3.22. The van der Waals surface area contributed by atoms with Gasteiger partial charge in [-0.15, -0.1) is 0 Å². The number of ether oxygens (including phenoxy) is 2. The van der Waals surface area contributed by atoms with E-state index in [1.165, 1.54) is 18.2 Å². The first-order chi connectivity index (χ1) is 8.88. The Morgan fingerprint density at radius 2 is 1.95 bits per heavy atom. The number of aliphatic carboxylic acids is 1. The first kappa shape index (κ1) is 14.6. The number of carbonyl (C=O) groups is 3. The van der Waals surface area contributed by atoms with Gasteiger partial charge in [-0.25, -0.2) is 4.79 Å². The van der Waals surface area contributed by atoms with Crippen molar-refractivity contribution in [3.8, 4) is 5.75 Å². The molecule has 0 N–H and O–H groups in total. The Kier molecular flexibility index (Phi) is 4.92. The zero-order valence-corrected chi connectivity index (χ0v) is 9.30. The molecule has 0 saturated carbocycles. The highest BCUT2D eigenvalue weighted by Gasteiger charge is 2.14. The van der Waals surface area contributed by atoms with Crippen molar-refractivity contribution in [2.75, 3.05) is 0 Å². The molecule has 1 aromatic rings. The largest absolute Gasteiger partial charge is 0.550 e. The van der Waals surface area contributed by atoms with Gasteiger partial charge in [-0.2, -0.15) is 8.78 Å². The fraction of sp³-hybridized carbons (Fsp3) is 0.182. The third-order valence-electron chi connectivity index (χ3n) is 1.79. The number of rotatable bonds is 5. The van der Waals surface area contributed by atoms with Crippen LogP contribution in [0.5, 0.6) is 5.75 Å². The van der Waals surface area contributed by atoms with Gasteiger partial charge in [0.1, 0.15) is 5.75 Å². The summed E-state index contributed by atoms with van der Waals surface area (Å²) in [5, 5.41) is 10.1. The maximum Gasteiger partial charge on any atom is 0.387 e. The van der Waals surface area contributed by atoms with E-state index in [1.807, 2.05) is 0 Å². The molecular weight excluding hydrogens is 266 g/mol. The summed E-state index contributed by atoms with van der Waals surface area (Å²) in [5.41, 5.74) is -0.232. The molecule has 0 aliphatic heterocycles. The minimum atomic E-state index is -3.06. The summed E-state index contributed by atoms with van der Waals surface area (Å²) in [6.45, 7) is -3.06. The monoisotopic (exact) mass is 273 g/mol. The molecule has 0 atom stereocenters. The fourth-order valence-corrected chi connectivity index (χ4v) is 1.12. The molecule has 1 aromatic carbocycles. The van der Waals surface area contributed by atoms with Crippen LogP contribution in [-0.2, 0) is 14.3 Å². The molecule has 0 amide bonds. The summed E-state index contributed by atoms with van der Waals surface area (Å²) >= 11 is 0. The van der Waals surface area contributed by atoms with Crippen molar-refractivity contribution in [3.63, 3.8) is 0 Å². The number of esters is 2. The van der Waals surface area contributed by atoms with Crippen molar-refractivity contribution in [2.45, 2.75) is 13.0 Å². The molecule has 8 heteroatoms. The molecule has 19 heavy (non-hydrogen) atoms. The lowest BCUT2D eigenvalue weighted by Crippen LogP contribution is -2.27. The third-order valence-corrected chi connectivity index (χ3v) is 1.79. The van der Waals surface area contributed by atoms with E-state index in [2.05, 4.69) is 9.47 Å². The number of alkyl halides is 2. The molecule has 0 aliphatic carbocycles. The van der Waals surface area contributed by atoms with Crippen LogP contribution in [0.25, 0.3) is 0 Å². The lowest BCUT2D eigenvalue weighted by Gasteiger charge is -2.06. The SMILES string of the molecule is O=C([O-])CC(=O)OC(=O)c1cccc(OC(F)F)c1. The second kappa shape index (κ2) is 6.43. The quantitative estimate of drug-likeness (QED) is 0.558. The van der Waals surface area contributed by atoms with E-state index in [9.17, 15) is 28.3 Å². The van der Waals surface area contributed by atoms with Crippen molar-refractivity contribution in [1.82, 2.24) is 0 Å². The van der Waals surface area contributed by atoms with Gasteiger partial charge in [0.05, 0.1) is 18.0 Å². The normalized spacial score (nSPS) is 10.1. The summed E-state index contributed by atoms with van der Waals surface area (Å²) in [6, 6.07) is 4.53. The summed E-state index contributed by atoms with van der Waals surface area (Å²) in [6.07, 6.45) is -1.08. The molecule has 0 aliphatic rings. The standard InChI is InChI=1S/C11H8F2O6/c12-11(13)18-7-3-1-2-6(4-7)10(17)19-9(16)5-8(14)15/h1-4,11H,5H2,(H,14,15)/p-1. The van der Waals surface area contributed by atoms with Crippen LogP contribution >= 0.6 is 0 Å². The Hall–Kier alpha value is -2.51. The van der Waals surface area contributed by atoms with E-state index in [0.29, 0.717) is 0 Å². The number of halogens is 2. The summed E-state index contributed by atoms with van der Waals surface area (Å²) in [5.74, 6) is -4.49. The van der Waals surface area contributed by atoms with Gasteiger partial charge in [-0.05, 0) is 18.2 Å². The average Bonchev–Trinajstić information content (AvgIpc) is 2.27. The molecule has 1 rings (SSSR count). The van der Waals surface area contributed by atoms with Gasteiger partial charge < -0.3 is 19.4 Å². The summed E-state index contributed by atoms with van der Waals surface area (Å²) in [7, 11) is 0. The molecule has 0 saturated heterocycles. The van der Waals surface area contributed by atoms with Crippen LogP contribution in [0.15, 0.2) is 24.3 Å². The zero-order chi connectivity index (χ0) is 14.4. The molecule has 0 unspecified atom stereocenters. The summed E-state index contributed by atoms with van der Waals surface area (Å²) < 4.78 is 32.1. The van der Waals surface area contributed by atoms with Crippen molar-refractivity contribution >= 4 is 17.9 Å². The van der Waals surface area contributed by atoms with Crippen molar-refractivity contribution in [3.05, 3.63) is 29.8 Å². The topological polar surface area (TPSA) is 92.7 Å². The molecule has 0 spiro atoms. The first-order valence-corrected chi connectivity index (χ1v) is 4.88. The number of hydrogen-bond donors (Lipinski definition) is 0. The van der Waals surface area contributed by atoms with E-state index in [4.69, 9.17) is 0 Å². The third kappa shape index (κ3) is 5.11. The number of carbonyl (C=O) groups excluding carboxylic acids is 3. The lowest BCUT2D eigenvalue weighted by molar-refractivity contribution is -0.304. The van der Waals surface area contributed by atoms with Crippen molar-refractivity contribution in [2.24, 2.45) is 0 Å². The number of carboxylic acids is 1. The maximum absolute atomic E-state index is 11.9. The predicted octanol–water partition coefficient (Wildman–Crippen LogP) is 0.111. The highest BCUT2D eigenvalue weighted by Crippen LogP contribution is 2.16. The van der Waals surface area contributed by atoms with Crippen LogP contribution in [0, 0.1) is 0 Å². The van der Waals surface area contributed by atoms with Crippen LogP contribution in [0.2, 0.25) is 0 Å². The Bertz CT molecular complexity index is 500. The molecular formula is C11H7F2O6-. The zero-order valence-electron chi connectivity index (χ0n) is 9.30. The Morgan fingerprint density at radius 3 is 2.53 bits per heavy atom. The van der Waals surface area contributed by atoms with Gasteiger partial charge in [0, 0.05) is 0 Å². The smallest absolute Gasteiger partial charge is 0.387 e. The average molecular weight is 273 g/mol. The van der Waals surface area contributed by atoms with Crippen molar-refractivity contribution < 1.29 is 37.7 Å². The molecule has 0 heterocycles. The minimum absolute atomic E-state index is 0.232. The molecule has 0 fully saturated rings. The van der Waals surface area contributed by atoms with Crippen molar-refractivity contribution in [1.29, 1.82) is 0 Å². The van der Waals surface area contributed by atoms with Crippen LogP contribution < -0.4 is 9.84 Å². The molecule has 0 bridgehead atoms. The van der Waals surface area contributed by atoms with E-state index in [0.717, 1.165) is 6.07 Å². The Morgan fingerprint density at radius 1 is 1.26 bits per heavy atom. The predicted molar refractivity (Wildman–Crippen MR) is 53.1 cm³/mol. The molecule has 6 nitrogen and oxygen atoms in total. The number of hydrogen-bond acceptors (Lipinski definition) is 6. The maximum atomic E-state index is 11.9. The van der Waals surface area contributed by atoms with Crippen LogP contribution in [0.3, 0.4) is 0 Å². The Labute approximate surface area is 105 Å². The van der Waals surface area contributed by atoms with Gasteiger partial charge in [-0.1, -0.05) is 6.07 Å². The van der Waals surface area contributed by atoms with Gasteiger partial charge in [0.2, 0.25) is 0 Å². The fourth-order valence-electron chi connectivity index (χ4n) is 1.12. The van der Waals surface area contributed by atoms with E-state index < -0.39 is 30.9 Å². The lowest BCUT2D eigenvalue weighted by atomic mass is 10.2. The number of benzene rings is 1. The number of carboxylic acid groups (broad SMARTS) is 1. The van der Waals surface area contributed by atoms with E-state index in [-0.39, 0.29) is 11.3 Å². The van der Waals surface area contributed by atoms with E-state index in [1.54, 1.807) is 0 Å². The van der Waals surface area contributed by atoms with Gasteiger partial charge in [-0.3, -0.25) is 4.79 Å². The van der Waals surface area contributed by atoms with Gasteiger partial charge >= 0.3 is 18.6 Å². The second-order valence-corrected chi connectivity index (χ2v) is 3.22. The van der Waals surface area contributed by atoms with Gasteiger partial charge in [0.25, 0.3) is 0 Å². The molecule has 102 valence electrons. The molecule has 0 aromatic heterocycles. The first-order valence-electron chi connectivity index (χ1n) is 4.88. The Balaban J connectivity index is 2.71. The highest BCUT2D eigenvalue weighted by atomic mass is 19.3. The highest BCUT2D eigenvalue weighted by molar-refractivity contribution is 6.00. The van der Waals surface area contributed by atoms with Crippen LogP contribution in [0.4, 0.5) is 8.78 Å². The van der Waals surface area contributed by atoms with E-state index >= 15 is 0 Å². The minimum Gasteiger partial charge on any atom is -0.550 e. The molecule has 0 radical (unpaired) electrons. The summed E-state index contributed by atoms with van der Waals surface area (Å²) in [4.78, 5) is 32.3. The van der Waals surface area contributed by atoms with Gasteiger partial charge in [0.15, 0.2) is 0 Å².